The Morgan fingerprint density at radius 1 is 1.38 bits per heavy atom. The summed E-state index contributed by atoms with van der Waals surface area (Å²) in [5.74, 6) is -0.193. The lowest BCUT2D eigenvalue weighted by Gasteiger charge is -2.23. The Labute approximate surface area is 144 Å². The Morgan fingerprint density at radius 3 is 2.83 bits per heavy atom. The van der Waals surface area contributed by atoms with Gasteiger partial charge in [0, 0.05) is 24.7 Å². The van der Waals surface area contributed by atoms with Gasteiger partial charge in [0.1, 0.15) is 0 Å². The van der Waals surface area contributed by atoms with Gasteiger partial charge < -0.3 is 15.6 Å². The average Bonchev–Trinajstić information content (AvgIpc) is 2.55. The first-order valence-electron chi connectivity index (χ1n) is 7.88. The normalized spacial score (nSPS) is 17.3. The molecule has 1 saturated heterocycles. The molecule has 1 amide bonds. The van der Waals surface area contributed by atoms with Crippen LogP contribution in [0.5, 0.6) is 0 Å². The highest BCUT2D eigenvalue weighted by Crippen LogP contribution is 2.10. The minimum atomic E-state index is -0.459. The number of hydrogen-bond donors (Lipinski definition) is 3. The minimum Gasteiger partial charge on any atom is -0.348 e. The van der Waals surface area contributed by atoms with Gasteiger partial charge >= 0.3 is 5.69 Å². The minimum absolute atomic E-state index is 0. The highest BCUT2D eigenvalue weighted by molar-refractivity contribution is 5.97. The first kappa shape index (κ1) is 18.2. The second kappa shape index (κ2) is 7.63. The molecule has 24 heavy (non-hydrogen) atoms. The average molecular weight is 353 g/mol. The van der Waals surface area contributed by atoms with Gasteiger partial charge in [-0.05, 0) is 44.5 Å². The fourth-order valence-electron chi connectivity index (χ4n) is 2.93. The molecule has 1 fully saturated rings. The molecule has 8 heteroatoms. The Balaban J connectivity index is 0.00000208. The molecule has 130 valence electrons. The number of nitrogens with zero attached hydrogens (tertiary/aromatic N) is 1. The predicted octanol–water partition coefficient (Wildman–Crippen LogP) is 0.613. The van der Waals surface area contributed by atoms with Crippen LogP contribution in [0.25, 0.3) is 10.9 Å². The van der Waals surface area contributed by atoms with Crippen molar-refractivity contribution < 1.29 is 4.79 Å². The number of piperidine rings is 1. The number of carbonyl (C=O) groups is 1. The van der Waals surface area contributed by atoms with E-state index in [1.165, 1.54) is 0 Å². The first-order chi connectivity index (χ1) is 11.1. The number of nitrogens with one attached hydrogen (secondary N) is 3. The van der Waals surface area contributed by atoms with Gasteiger partial charge in [-0.1, -0.05) is 0 Å². The van der Waals surface area contributed by atoms with Gasteiger partial charge in [-0.3, -0.25) is 14.2 Å². The Kier molecular flexibility index (Phi) is 5.80. The number of carbonyl (C=O) groups excluding carboxylic acids is 1. The summed E-state index contributed by atoms with van der Waals surface area (Å²) < 4.78 is 1.13. The molecular formula is C16H21ClN4O3. The predicted molar refractivity (Wildman–Crippen MR) is 95.1 cm³/mol. The topological polar surface area (TPSA) is 96.0 Å². The van der Waals surface area contributed by atoms with E-state index in [1.807, 2.05) is 0 Å². The third-order valence-corrected chi connectivity index (χ3v) is 4.19. The quantitative estimate of drug-likeness (QED) is 0.754. The van der Waals surface area contributed by atoms with Crippen molar-refractivity contribution in [2.45, 2.75) is 32.4 Å². The molecule has 7 nitrogen and oxygen atoms in total. The molecule has 3 N–H and O–H groups in total. The molecule has 0 radical (unpaired) electrons. The smallest absolute Gasteiger partial charge is 0.328 e. The zero-order chi connectivity index (χ0) is 16.4. The highest BCUT2D eigenvalue weighted by Gasteiger charge is 2.17. The standard InChI is InChI=1S/C16H20N4O3.ClH/c1-2-20-15(22)12-6-5-10(8-13(12)19-16(20)23)14(21)18-11-4-3-7-17-9-11;/h5-6,8,11,17H,2-4,7,9H2,1H3,(H,18,21)(H,19,23);1H. The lowest BCUT2D eigenvalue weighted by Crippen LogP contribution is -2.45. The van der Waals surface area contributed by atoms with Crippen LogP contribution in [0.2, 0.25) is 0 Å². The highest BCUT2D eigenvalue weighted by atomic mass is 35.5. The second-order valence-electron chi connectivity index (χ2n) is 5.76. The van der Waals surface area contributed by atoms with Crippen LogP contribution >= 0.6 is 12.4 Å². The number of halogens is 1. The molecule has 1 unspecified atom stereocenters. The summed E-state index contributed by atoms with van der Waals surface area (Å²) in [6, 6.07) is 4.88. The monoisotopic (exact) mass is 352 g/mol. The molecule has 2 heterocycles. The number of rotatable bonds is 3. The van der Waals surface area contributed by atoms with Crippen LogP contribution in [0.3, 0.4) is 0 Å². The van der Waals surface area contributed by atoms with Crippen molar-refractivity contribution in [3.63, 3.8) is 0 Å². The van der Waals surface area contributed by atoms with E-state index in [1.54, 1.807) is 25.1 Å². The van der Waals surface area contributed by atoms with Crippen LogP contribution in [0.15, 0.2) is 27.8 Å². The molecule has 1 aliphatic heterocycles. The molecule has 0 bridgehead atoms. The van der Waals surface area contributed by atoms with Crippen LogP contribution < -0.4 is 21.9 Å². The van der Waals surface area contributed by atoms with Crippen molar-refractivity contribution in [1.82, 2.24) is 20.2 Å². The molecule has 0 spiro atoms. The lowest BCUT2D eigenvalue weighted by molar-refractivity contribution is 0.0931. The van der Waals surface area contributed by atoms with Crippen LogP contribution in [0.4, 0.5) is 0 Å². The summed E-state index contributed by atoms with van der Waals surface area (Å²) in [5, 5.41) is 6.62. The summed E-state index contributed by atoms with van der Waals surface area (Å²) in [6.45, 7) is 3.79. The molecule has 1 atom stereocenters. The van der Waals surface area contributed by atoms with Gasteiger partial charge in [-0.15, -0.1) is 12.4 Å². The Bertz CT molecular complexity index is 853. The number of H-pyrrole nitrogens is 1. The molecule has 1 aliphatic rings. The number of fused-ring (bicyclic) bond motifs is 1. The maximum absolute atomic E-state index is 12.3. The molecule has 0 saturated carbocycles. The van der Waals surface area contributed by atoms with E-state index in [2.05, 4.69) is 15.6 Å². The van der Waals surface area contributed by atoms with Gasteiger partial charge in [0.15, 0.2) is 0 Å². The van der Waals surface area contributed by atoms with Crippen molar-refractivity contribution in [3.05, 3.63) is 44.6 Å². The fourth-order valence-corrected chi connectivity index (χ4v) is 2.93. The van der Waals surface area contributed by atoms with Gasteiger partial charge in [0.25, 0.3) is 11.5 Å². The van der Waals surface area contributed by atoms with E-state index in [9.17, 15) is 14.4 Å². The maximum atomic E-state index is 12.3. The fraction of sp³-hybridized carbons (Fsp3) is 0.438. The SMILES string of the molecule is CCn1c(=O)[nH]c2cc(C(=O)NC3CCCNC3)ccc2c1=O.Cl. The van der Waals surface area contributed by atoms with Crippen molar-refractivity contribution in [2.24, 2.45) is 0 Å². The molecule has 1 aromatic heterocycles. The zero-order valence-corrected chi connectivity index (χ0v) is 14.2. The van der Waals surface area contributed by atoms with E-state index < -0.39 is 5.69 Å². The van der Waals surface area contributed by atoms with Crippen molar-refractivity contribution in [1.29, 1.82) is 0 Å². The van der Waals surface area contributed by atoms with Gasteiger partial charge in [-0.2, -0.15) is 0 Å². The molecular weight excluding hydrogens is 332 g/mol. The maximum Gasteiger partial charge on any atom is 0.328 e. The third kappa shape index (κ3) is 3.52. The number of aromatic amines is 1. The summed E-state index contributed by atoms with van der Waals surface area (Å²) >= 11 is 0. The number of hydrogen-bond acceptors (Lipinski definition) is 4. The van der Waals surface area contributed by atoms with E-state index in [0.717, 1.165) is 30.5 Å². The Hall–Kier alpha value is -2.12. The number of aromatic nitrogens is 2. The summed E-state index contributed by atoms with van der Waals surface area (Å²) in [7, 11) is 0. The number of amides is 1. The van der Waals surface area contributed by atoms with E-state index in [-0.39, 0.29) is 29.9 Å². The summed E-state index contributed by atoms with van der Waals surface area (Å²) in [4.78, 5) is 39.1. The largest absolute Gasteiger partial charge is 0.348 e. The first-order valence-corrected chi connectivity index (χ1v) is 7.88. The zero-order valence-electron chi connectivity index (χ0n) is 13.4. The summed E-state index contributed by atoms with van der Waals surface area (Å²) in [6.07, 6.45) is 1.98. The molecule has 0 aliphatic carbocycles. The lowest BCUT2D eigenvalue weighted by atomic mass is 10.1. The molecule has 3 rings (SSSR count). The van der Waals surface area contributed by atoms with Crippen molar-refractivity contribution in [2.75, 3.05) is 13.1 Å². The van der Waals surface area contributed by atoms with E-state index in [0.29, 0.717) is 23.0 Å². The van der Waals surface area contributed by atoms with E-state index in [4.69, 9.17) is 0 Å². The van der Waals surface area contributed by atoms with Gasteiger partial charge in [-0.25, -0.2) is 4.79 Å². The van der Waals surface area contributed by atoms with E-state index >= 15 is 0 Å². The molecule has 2 aromatic rings. The Morgan fingerprint density at radius 2 is 2.17 bits per heavy atom. The van der Waals surface area contributed by atoms with Crippen LogP contribution in [0, 0.1) is 0 Å². The molecule has 1 aromatic carbocycles. The van der Waals surface area contributed by atoms with Gasteiger partial charge in [0.2, 0.25) is 0 Å². The van der Waals surface area contributed by atoms with Gasteiger partial charge in [0.05, 0.1) is 10.9 Å². The number of benzene rings is 1. The van der Waals surface area contributed by atoms with Crippen LogP contribution in [0.1, 0.15) is 30.1 Å². The van der Waals surface area contributed by atoms with Crippen molar-refractivity contribution in [3.8, 4) is 0 Å². The third-order valence-electron chi connectivity index (χ3n) is 4.19. The summed E-state index contributed by atoms with van der Waals surface area (Å²) in [5.41, 5.74) is 0.0280. The second-order valence-corrected chi connectivity index (χ2v) is 5.76. The van der Waals surface area contributed by atoms with Crippen LogP contribution in [-0.4, -0.2) is 34.6 Å². The van der Waals surface area contributed by atoms with Crippen LogP contribution in [-0.2, 0) is 6.54 Å². The van der Waals surface area contributed by atoms with Crippen molar-refractivity contribution >= 4 is 29.2 Å².